The van der Waals surface area contributed by atoms with Crippen LogP contribution in [0.25, 0.3) is 0 Å². The van der Waals surface area contributed by atoms with Crippen molar-refractivity contribution >= 4 is 5.71 Å². The third-order valence-electron chi connectivity index (χ3n) is 3.21. The first-order chi connectivity index (χ1) is 7.79. The zero-order valence-corrected chi connectivity index (χ0v) is 10.5. The summed E-state index contributed by atoms with van der Waals surface area (Å²) in [5.74, 6) is 0. The second-order valence-electron chi connectivity index (χ2n) is 4.43. The topological polar surface area (TPSA) is 38.4 Å². The predicted octanol–water partition coefficient (Wildman–Crippen LogP) is 3.59. The zero-order chi connectivity index (χ0) is 11.8. The van der Waals surface area contributed by atoms with Gasteiger partial charge in [0, 0.05) is 24.9 Å². The van der Waals surface area contributed by atoms with Crippen molar-refractivity contribution < 1.29 is 0 Å². The van der Waals surface area contributed by atoms with Crippen LogP contribution in [0.5, 0.6) is 0 Å². The molecule has 1 aliphatic rings. The van der Waals surface area contributed by atoms with E-state index in [-0.39, 0.29) is 0 Å². The summed E-state index contributed by atoms with van der Waals surface area (Å²) >= 11 is 0. The molecule has 0 saturated heterocycles. The molecule has 90 valence electrons. The maximum atomic E-state index is 6.12. The molecule has 1 aliphatic carbocycles. The van der Waals surface area contributed by atoms with Crippen LogP contribution >= 0.6 is 0 Å². The smallest absolute Gasteiger partial charge is 0.0394 e. The molecule has 16 heavy (non-hydrogen) atoms. The van der Waals surface area contributed by atoms with Crippen LogP contribution in [-0.4, -0.2) is 12.8 Å². The molecule has 0 bridgehead atoms. The highest BCUT2D eigenvalue weighted by Gasteiger charge is 2.12. The van der Waals surface area contributed by atoms with Crippen LogP contribution in [0.1, 0.15) is 51.4 Å². The van der Waals surface area contributed by atoms with E-state index in [2.05, 4.69) is 11.6 Å². The van der Waals surface area contributed by atoms with E-state index in [1.165, 1.54) is 43.4 Å². The molecule has 2 nitrogen and oxygen atoms in total. The SMILES string of the molecule is C=CC/C(N)=C1/CCCCCCC/C1=N/C. The number of nitrogens with zero attached hydrogens (tertiary/aromatic N) is 1. The quantitative estimate of drug-likeness (QED) is 0.710. The van der Waals surface area contributed by atoms with Crippen molar-refractivity contribution in [3.8, 4) is 0 Å². The summed E-state index contributed by atoms with van der Waals surface area (Å²) in [5, 5.41) is 0. The average Bonchev–Trinajstić information content (AvgIpc) is 2.40. The number of nitrogens with two attached hydrogens (primary N) is 1. The van der Waals surface area contributed by atoms with Gasteiger partial charge in [-0.2, -0.15) is 0 Å². The van der Waals surface area contributed by atoms with Crippen molar-refractivity contribution in [1.82, 2.24) is 0 Å². The predicted molar refractivity (Wildman–Crippen MR) is 71.7 cm³/mol. The lowest BCUT2D eigenvalue weighted by atomic mass is 9.98. The molecule has 1 fully saturated rings. The van der Waals surface area contributed by atoms with Gasteiger partial charge in [-0.15, -0.1) is 6.58 Å². The maximum absolute atomic E-state index is 6.12. The first kappa shape index (κ1) is 13.0. The van der Waals surface area contributed by atoms with Gasteiger partial charge in [-0.3, -0.25) is 4.99 Å². The molecule has 0 spiro atoms. The van der Waals surface area contributed by atoms with E-state index < -0.39 is 0 Å². The number of allylic oxidation sites excluding steroid dienone is 2. The Hall–Kier alpha value is -1.05. The molecule has 0 aliphatic heterocycles. The molecule has 0 unspecified atom stereocenters. The van der Waals surface area contributed by atoms with Crippen LogP contribution < -0.4 is 5.73 Å². The van der Waals surface area contributed by atoms with Crippen LogP contribution in [0.4, 0.5) is 0 Å². The summed E-state index contributed by atoms with van der Waals surface area (Å²) in [4.78, 5) is 4.42. The Bertz CT molecular complexity index is 287. The van der Waals surface area contributed by atoms with Crippen molar-refractivity contribution in [2.45, 2.75) is 51.4 Å². The molecule has 1 saturated carbocycles. The Labute approximate surface area is 99.3 Å². The van der Waals surface area contributed by atoms with Crippen molar-refractivity contribution in [1.29, 1.82) is 0 Å². The number of hydrogen-bond donors (Lipinski definition) is 1. The summed E-state index contributed by atoms with van der Waals surface area (Å²) in [5.41, 5.74) is 9.61. The highest BCUT2D eigenvalue weighted by atomic mass is 14.7. The second-order valence-corrected chi connectivity index (χ2v) is 4.43. The molecule has 0 aromatic carbocycles. The third-order valence-corrected chi connectivity index (χ3v) is 3.21. The molecule has 0 radical (unpaired) electrons. The third kappa shape index (κ3) is 3.84. The van der Waals surface area contributed by atoms with Crippen molar-refractivity contribution in [3.63, 3.8) is 0 Å². The molecule has 0 aromatic rings. The minimum Gasteiger partial charge on any atom is -0.402 e. The van der Waals surface area contributed by atoms with Gasteiger partial charge < -0.3 is 5.73 Å². The van der Waals surface area contributed by atoms with Gasteiger partial charge in [0.25, 0.3) is 0 Å². The second kappa shape index (κ2) is 7.26. The standard InChI is InChI=1S/C14H24N2/c1-3-9-13(15)12-10-7-5-4-6-8-11-14(12)16-2/h3H,1,4-11,15H2,2H3/b13-12+,16-14-. The number of hydrogen-bond acceptors (Lipinski definition) is 2. The fraction of sp³-hybridized carbons (Fsp3) is 0.643. The summed E-state index contributed by atoms with van der Waals surface area (Å²) in [6.45, 7) is 3.75. The Balaban J connectivity index is 2.87. The Morgan fingerprint density at radius 1 is 1.25 bits per heavy atom. The van der Waals surface area contributed by atoms with E-state index in [9.17, 15) is 0 Å². The van der Waals surface area contributed by atoms with Gasteiger partial charge in [0.05, 0.1) is 0 Å². The molecule has 0 amide bonds. The lowest BCUT2D eigenvalue weighted by Crippen LogP contribution is -2.11. The van der Waals surface area contributed by atoms with E-state index in [1.54, 1.807) is 0 Å². The van der Waals surface area contributed by atoms with Crippen LogP contribution in [0.2, 0.25) is 0 Å². The molecule has 0 aromatic heterocycles. The van der Waals surface area contributed by atoms with Gasteiger partial charge in [-0.25, -0.2) is 0 Å². The van der Waals surface area contributed by atoms with Gasteiger partial charge >= 0.3 is 0 Å². The number of rotatable bonds is 2. The Morgan fingerprint density at radius 2 is 1.88 bits per heavy atom. The highest BCUT2D eigenvalue weighted by Crippen LogP contribution is 2.22. The first-order valence-corrected chi connectivity index (χ1v) is 6.34. The molecule has 1 rings (SSSR count). The van der Waals surface area contributed by atoms with Crippen LogP contribution in [0, 0.1) is 0 Å². The lowest BCUT2D eigenvalue weighted by molar-refractivity contribution is 0.634. The fourth-order valence-electron chi connectivity index (χ4n) is 2.29. The largest absolute Gasteiger partial charge is 0.402 e. The van der Waals surface area contributed by atoms with E-state index in [0.717, 1.165) is 25.0 Å². The van der Waals surface area contributed by atoms with E-state index in [0.29, 0.717) is 0 Å². The minimum absolute atomic E-state index is 0.786. The van der Waals surface area contributed by atoms with Crippen LogP contribution in [0.3, 0.4) is 0 Å². The fourth-order valence-corrected chi connectivity index (χ4v) is 2.29. The minimum atomic E-state index is 0.786. The summed E-state index contributed by atoms with van der Waals surface area (Å²) in [7, 11) is 1.88. The molecule has 2 heteroatoms. The van der Waals surface area contributed by atoms with Gasteiger partial charge in [-0.1, -0.05) is 25.3 Å². The molecular weight excluding hydrogens is 196 g/mol. The zero-order valence-electron chi connectivity index (χ0n) is 10.5. The summed E-state index contributed by atoms with van der Waals surface area (Å²) in [6, 6.07) is 0. The molecule has 2 N–H and O–H groups in total. The molecule has 0 atom stereocenters. The van der Waals surface area contributed by atoms with Gasteiger partial charge in [0.1, 0.15) is 0 Å². The summed E-state index contributed by atoms with van der Waals surface area (Å²) < 4.78 is 0. The number of aliphatic imine (C=N–C) groups is 1. The normalized spacial score (nSPS) is 24.4. The van der Waals surface area contributed by atoms with Crippen LogP contribution in [0.15, 0.2) is 28.9 Å². The maximum Gasteiger partial charge on any atom is 0.0394 e. The van der Waals surface area contributed by atoms with E-state index in [1.807, 2.05) is 13.1 Å². The molecule has 0 heterocycles. The molecular formula is C14H24N2. The Kier molecular flexibility index (Phi) is 5.91. The van der Waals surface area contributed by atoms with E-state index in [4.69, 9.17) is 5.73 Å². The van der Waals surface area contributed by atoms with Crippen LogP contribution in [-0.2, 0) is 0 Å². The first-order valence-electron chi connectivity index (χ1n) is 6.34. The monoisotopic (exact) mass is 220 g/mol. The Morgan fingerprint density at radius 3 is 2.50 bits per heavy atom. The lowest BCUT2D eigenvalue weighted by Gasteiger charge is -2.12. The van der Waals surface area contributed by atoms with Gasteiger partial charge in [-0.05, 0) is 31.3 Å². The van der Waals surface area contributed by atoms with Gasteiger partial charge in [0.15, 0.2) is 0 Å². The van der Waals surface area contributed by atoms with Gasteiger partial charge in [0.2, 0.25) is 0 Å². The highest BCUT2D eigenvalue weighted by molar-refractivity contribution is 6.00. The van der Waals surface area contributed by atoms with Crippen molar-refractivity contribution in [2.24, 2.45) is 10.7 Å². The average molecular weight is 220 g/mol. The van der Waals surface area contributed by atoms with E-state index >= 15 is 0 Å². The van der Waals surface area contributed by atoms with Crippen molar-refractivity contribution in [3.05, 3.63) is 23.9 Å². The summed E-state index contributed by atoms with van der Waals surface area (Å²) in [6.07, 6.45) is 11.3. The van der Waals surface area contributed by atoms with Crippen molar-refractivity contribution in [2.75, 3.05) is 7.05 Å².